The van der Waals surface area contributed by atoms with Crippen LogP contribution in [0.4, 0.5) is 0 Å². The number of rotatable bonds is 5. The molecule has 3 saturated heterocycles. The molecule has 1 aromatic carbocycles. The molecule has 14 heteroatoms. The maximum absolute atomic E-state index is 13.5. The average Bonchev–Trinajstić information content (AvgIpc) is 3.43. The van der Waals surface area contributed by atoms with Crippen molar-refractivity contribution in [2.75, 3.05) is 19.7 Å². The number of carbonyl (C=O) groups excluding carboxylic acids is 2. The lowest BCUT2D eigenvalue weighted by atomic mass is 9.79. The number of aromatic nitrogens is 2. The SMILES string of the molecule is CC1(C)CCOc2c(C(=O)NC3CN4C(=N)N[C@@H](CNC(=O)c5cccnn5)[C@@H]5NC(=N)NC54[C@@H]3O)cccc21. The number of aliphatic hydroxyl groups excluding tert-OH is 1. The van der Waals surface area contributed by atoms with Gasteiger partial charge in [0.15, 0.2) is 23.3 Å². The Morgan fingerprint density at radius 1 is 1.20 bits per heavy atom. The fourth-order valence-corrected chi connectivity index (χ4v) is 6.21. The van der Waals surface area contributed by atoms with Gasteiger partial charge in [-0.1, -0.05) is 26.0 Å². The zero-order valence-electron chi connectivity index (χ0n) is 22.1. The molecule has 2 aromatic rings. The molecule has 6 rings (SSSR count). The topological polar surface area (TPSA) is 200 Å². The van der Waals surface area contributed by atoms with Crippen molar-refractivity contribution in [1.82, 2.24) is 41.7 Å². The van der Waals surface area contributed by atoms with E-state index in [9.17, 15) is 14.7 Å². The van der Waals surface area contributed by atoms with Gasteiger partial charge < -0.3 is 41.3 Å². The Kier molecular flexibility index (Phi) is 6.02. The van der Waals surface area contributed by atoms with Gasteiger partial charge in [0.1, 0.15) is 11.9 Å². The minimum Gasteiger partial charge on any atom is -0.492 e. The molecule has 1 spiro atoms. The van der Waals surface area contributed by atoms with E-state index < -0.39 is 35.8 Å². The van der Waals surface area contributed by atoms with Gasteiger partial charge in [0.05, 0.1) is 30.3 Å². The molecule has 5 atom stereocenters. The van der Waals surface area contributed by atoms with Gasteiger partial charge in [-0.05, 0) is 30.0 Å². The van der Waals surface area contributed by atoms with Gasteiger partial charge in [0.25, 0.3) is 11.8 Å². The summed E-state index contributed by atoms with van der Waals surface area (Å²) in [6.07, 6.45) is 1.11. The van der Waals surface area contributed by atoms with Crippen LogP contribution in [-0.4, -0.2) is 93.5 Å². The van der Waals surface area contributed by atoms with E-state index in [0.717, 1.165) is 12.0 Å². The van der Waals surface area contributed by atoms with E-state index in [-0.39, 0.29) is 42.0 Å². The van der Waals surface area contributed by atoms with Crippen molar-refractivity contribution < 1.29 is 19.4 Å². The highest BCUT2D eigenvalue weighted by Crippen LogP contribution is 2.41. The van der Waals surface area contributed by atoms with E-state index in [1.54, 1.807) is 17.0 Å². The zero-order valence-corrected chi connectivity index (χ0v) is 22.1. The molecule has 3 fully saturated rings. The van der Waals surface area contributed by atoms with Gasteiger partial charge in [-0.15, -0.1) is 5.10 Å². The second-order valence-electron chi connectivity index (χ2n) is 11.2. The van der Waals surface area contributed by atoms with Crippen molar-refractivity contribution in [1.29, 1.82) is 10.8 Å². The van der Waals surface area contributed by atoms with Crippen LogP contribution < -0.4 is 31.3 Å². The monoisotopic (exact) mass is 548 g/mol. The van der Waals surface area contributed by atoms with Gasteiger partial charge in [0.2, 0.25) is 0 Å². The smallest absolute Gasteiger partial charge is 0.271 e. The first-order valence-electron chi connectivity index (χ1n) is 13.2. The molecule has 0 aliphatic carbocycles. The van der Waals surface area contributed by atoms with Crippen molar-refractivity contribution in [3.05, 3.63) is 53.3 Å². The molecule has 0 radical (unpaired) electrons. The highest BCUT2D eigenvalue weighted by atomic mass is 16.5. The Labute approximate surface area is 230 Å². The molecule has 1 aromatic heterocycles. The number of amides is 2. The van der Waals surface area contributed by atoms with Crippen molar-refractivity contribution in [3.63, 3.8) is 0 Å². The molecule has 0 bridgehead atoms. The fourth-order valence-electron chi connectivity index (χ4n) is 6.21. The molecule has 4 aliphatic rings. The third-order valence-electron chi connectivity index (χ3n) is 8.32. The van der Waals surface area contributed by atoms with Crippen LogP contribution in [0.5, 0.6) is 5.75 Å². The highest BCUT2D eigenvalue weighted by Gasteiger charge is 2.66. The van der Waals surface area contributed by atoms with Gasteiger partial charge in [-0.25, -0.2) is 0 Å². The standard InChI is InChI=1S/C26H32N10O4/c1-25(2)8-10-40-18-13(5-3-6-14(18)25)21(38)31-17-12-36-24(28)32-16(11-29-22(39)15-7-4-9-30-35-15)19-26(36,20(17)37)34-23(27)33-19/h3-7,9,16-17,19-20,37H,8,10-12H2,1-2H3,(H2,28,32)(H,29,39)(H,31,38)(H3,27,33,34)/t16-,17?,19-,20+,26?/m0/s1. The minimum atomic E-state index is -1.30. The van der Waals surface area contributed by atoms with E-state index in [4.69, 9.17) is 15.6 Å². The van der Waals surface area contributed by atoms with Gasteiger partial charge in [0, 0.05) is 24.8 Å². The molecule has 14 nitrogen and oxygen atoms in total. The number of guanidine groups is 2. The Balaban J connectivity index is 1.23. The first kappa shape index (κ1) is 25.8. The minimum absolute atomic E-state index is 0.00280. The molecule has 2 amide bonds. The van der Waals surface area contributed by atoms with E-state index >= 15 is 0 Å². The van der Waals surface area contributed by atoms with Gasteiger partial charge >= 0.3 is 0 Å². The average molecular weight is 549 g/mol. The number of carbonyl (C=O) groups is 2. The number of aliphatic hydroxyl groups is 1. The second-order valence-corrected chi connectivity index (χ2v) is 11.2. The summed E-state index contributed by atoms with van der Waals surface area (Å²) >= 11 is 0. The molecule has 2 unspecified atom stereocenters. The second kappa shape index (κ2) is 9.33. The highest BCUT2D eigenvalue weighted by molar-refractivity contribution is 5.98. The largest absolute Gasteiger partial charge is 0.492 e. The number of nitrogens with one attached hydrogen (secondary N) is 7. The summed E-state index contributed by atoms with van der Waals surface area (Å²) in [5.41, 5.74) is 0.0608. The van der Waals surface area contributed by atoms with E-state index in [0.29, 0.717) is 17.9 Å². The molecule has 5 heterocycles. The van der Waals surface area contributed by atoms with Crippen molar-refractivity contribution in [2.45, 2.75) is 55.6 Å². The van der Waals surface area contributed by atoms with E-state index in [1.807, 2.05) is 12.1 Å². The Bertz CT molecular complexity index is 1380. The zero-order chi connectivity index (χ0) is 28.2. The summed E-state index contributed by atoms with van der Waals surface area (Å²) in [5.74, 6) is -0.312. The number of para-hydroxylation sites is 1. The number of hydrogen-bond donors (Lipinski definition) is 8. The summed E-state index contributed by atoms with van der Waals surface area (Å²) in [6.45, 7) is 4.94. The van der Waals surface area contributed by atoms with Crippen LogP contribution in [0.3, 0.4) is 0 Å². The number of ether oxygens (including phenoxy) is 1. The quantitative estimate of drug-likeness (QED) is 0.225. The summed E-state index contributed by atoms with van der Waals surface area (Å²) in [5, 5.41) is 51.1. The van der Waals surface area contributed by atoms with Crippen molar-refractivity contribution in [2.24, 2.45) is 0 Å². The Morgan fingerprint density at radius 3 is 2.80 bits per heavy atom. The summed E-state index contributed by atoms with van der Waals surface area (Å²) in [6, 6.07) is 6.69. The van der Waals surface area contributed by atoms with Crippen LogP contribution in [-0.2, 0) is 5.41 Å². The molecule has 4 aliphatic heterocycles. The first-order valence-corrected chi connectivity index (χ1v) is 13.2. The predicted molar refractivity (Wildman–Crippen MR) is 143 cm³/mol. The molecular weight excluding hydrogens is 516 g/mol. The first-order chi connectivity index (χ1) is 19.1. The van der Waals surface area contributed by atoms with Crippen molar-refractivity contribution in [3.8, 4) is 5.75 Å². The molecule has 40 heavy (non-hydrogen) atoms. The summed E-state index contributed by atoms with van der Waals surface area (Å²) in [4.78, 5) is 27.7. The van der Waals surface area contributed by atoms with Crippen LogP contribution in [0, 0.1) is 10.8 Å². The van der Waals surface area contributed by atoms with Crippen molar-refractivity contribution >= 4 is 23.7 Å². The van der Waals surface area contributed by atoms with Crippen LogP contribution in [0.1, 0.15) is 46.7 Å². The molecule has 8 N–H and O–H groups in total. The molecule has 210 valence electrons. The lowest BCUT2D eigenvalue weighted by molar-refractivity contribution is 0.00611. The number of nitrogens with zero attached hydrogens (tertiary/aromatic N) is 3. The number of hydrogen-bond acceptors (Lipinski definition) is 8. The number of fused-ring (bicyclic) bond motifs is 1. The van der Waals surface area contributed by atoms with E-state index in [2.05, 4.69) is 50.6 Å². The predicted octanol–water partition coefficient (Wildman–Crippen LogP) is -1.16. The maximum atomic E-state index is 13.5. The molecular formula is C26H32N10O4. The molecule has 0 saturated carbocycles. The summed E-state index contributed by atoms with van der Waals surface area (Å²) in [7, 11) is 0. The normalized spacial score (nSPS) is 29.5. The lowest BCUT2D eigenvalue weighted by Gasteiger charge is -2.49. The van der Waals surface area contributed by atoms with Crippen LogP contribution in [0.25, 0.3) is 0 Å². The Morgan fingerprint density at radius 2 is 2.02 bits per heavy atom. The van der Waals surface area contributed by atoms with Crippen LogP contribution in [0.2, 0.25) is 0 Å². The number of benzene rings is 1. The lowest BCUT2D eigenvalue weighted by Crippen LogP contribution is -2.78. The third kappa shape index (κ3) is 3.97. The Hall–Kier alpha value is -4.46. The summed E-state index contributed by atoms with van der Waals surface area (Å²) < 4.78 is 5.92. The van der Waals surface area contributed by atoms with Gasteiger partial charge in [-0.3, -0.25) is 20.4 Å². The van der Waals surface area contributed by atoms with E-state index in [1.165, 1.54) is 12.3 Å². The van der Waals surface area contributed by atoms with Gasteiger partial charge in [-0.2, -0.15) is 5.10 Å². The van der Waals surface area contributed by atoms with Crippen LogP contribution >= 0.6 is 0 Å². The maximum Gasteiger partial charge on any atom is 0.271 e. The third-order valence-corrected chi connectivity index (χ3v) is 8.32. The van der Waals surface area contributed by atoms with Crippen LogP contribution in [0.15, 0.2) is 36.5 Å². The fraction of sp³-hybridized carbons (Fsp3) is 0.462.